The molecule has 2 heteroatoms. The van der Waals surface area contributed by atoms with E-state index in [2.05, 4.69) is 39.8 Å². The number of likely N-dealkylation sites (N-methyl/N-ethyl adjacent to an activating group) is 1. The van der Waals surface area contributed by atoms with Gasteiger partial charge in [-0.05, 0) is 34.4 Å². The summed E-state index contributed by atoms with van der Waals surface area (Å²) in [4.78, 5) is 2.18. The Labute approximate surface area is 76.9 Å². The summed E-state index contributed by atoms with van der Waals surface area (Å²) >= 11 is 0. The number of rotatable bonds is 6. The lowest BCUT2D eigenvalue weighted by Gasteiger charge is -2.23. The van der Waals surface area contributed by atoms with Gasteiger partial charge in [-0.2, -0.15) is 0 Å². The molecule has 0 bridgehead atoms. The molecule has 74 valence electrons. The van der Waals surface area contributed by atoms with Gasteiger partial charge < -0.3 is 9.64 Å². The first kappa shape index (κ1) is 11.9. The number of ether oxygens (including phenoxy) is 1. The lowest BCUT2D eigenvalue weighted by Crippen LogP contribution is -2.30. The zero-order valence-electron chi connectivity index (χ0n) is 9.13. The van der Waals surface area contributed by atoms with Crippen molar-refractivity contribution in [2.75, 3.05) is 20.6 Å². The van der Waals surface area contributed by atoms with Gasteiger partial charge in [-0.15, -0.1) is 0 Å². The van der Waals surface area contributed by atoms with Crippen LogP contribution >= 0.6 is 0 Å². The number of hydrogen-bond donors (Lipinski definition) is 0. The Kier molecular flexibility index (Phi) is 6.39. The summed E-state index contributed by atoms with van der Waals surface area (Å²) in [5.41, 5.74) is 0. The van der Waals surface area contributed by atoms with E-state index in [9.17, 15) is 0 Å². The van der Waals surface area contributed by atoms with Crippen molar-refractivity contribution >= 4 is 0 Å². The molecule has 0 rings (SSSR count). The number of hydrogen-bond acceptors (Lipinski definition) is 2. The molecule has 0 aliphatic rings. The van der Waals surface area contributed by atoms with Crippen LogP contribution in [-0.2, 0) is 4.74 Å². The van der Waals surface area contributed by atoms with Crippen molar-refractivity contribution in [2.24, 2.45) is 0 Å². The molecule has 1 unspecified atom stereocenters. The van der Waals surface area contributed by atoms with Crippen LogP contribution in [0.1, 0.15) is 33.6 Å². The largest absolute Gasteiger partial charge is 0.374 e. The van der Waals surface area contributed by atoms with Crippen LogP contribution in [0.5, 0.6) is 0 Å². The van der Waals surface area contributed by atoms with E-state index in [4.69, 9.17) is 4.74 Å². The molecule has 0 aliphatic heterocycles. The van der Waals surface area contributed by atoms with Gasteiger partial charge in [0.1, 0.15) is 0 Å². The Morgan fingerprint density at radius 2 is 1.83 bits per heavy atom. The molecule has 12 heavy (non-hydrogen) atoms. The maximum atomic E-state index is 5.76. The van der Waals surface area contributed by atoms with E-state index in [1.807, 2.05) is 0 Å². The van der Waals surface area contributed by atoms with Crippen LogP contribution in [0.15, 0.2) is 0 Å². The summed E-state index contributed by atoms with van der Waals surface area (Å²) in [6, 6.07) is 0. The molecule has 0 saturated carbocycles. The Bertz CT molecular complexity index is 92.0. The maximum Gasteiger partial charge on any atom is 0.0705 e. The fraction of sp³-hybridized carbons (Fsp3) is 1.00. The molecule has 0 saturated heterocycles. The monoisotopic (exact) mass is 173 g/mol. The fourth-order valence-corrected chi connectivity index (χ4v) is 1.32. The van der Waals surface area contributed by atoms with Crippen LogP contribution in [0.3, 0.4) is 0 Å². The van der Waals surface area contributed by atoms with E-state index in [0.717, 1.165) is 13.0 Å². The molecule has 0 radical (unpaired) electrons. The third kappa shape index (κ3) is 6.62. The van der Waals surface area contributed by atoms with Crippen molar-refractivity contribution < 1.29 is 4.74 Å². The molecule has 0 aromatic rings. The molecule has 0 amide bonds. The summed E-state index contributed by atoms with van der Waals surface area (Å²) in [6.45, 7) is 7.43. The van der Waals surface area contributed by atoms with Gasteiger partial charge in [0.25, 0.3) is 0 Å². The van der Waals surface area contributed by atoms with Gasteiger partial charge in [0.05, 0.1) is 12.2 Å². The lowest BCUT2D eigenvalue weighted by atomic mass is 10.2. The molecule has 0 aromatic carbocycles. The highest BCUT2D eigenvalue weighted by Gasteiger charge is 2.10. The fourth-order valence-electron chi connectivity index (χ4n) is 1.32. The third-order valence-electron chi connectivity index (χ3n) is 1.64. The van der Waals surface area contributed by atoms with Crippen LogP contribution in [0.4, 0.5) is 0 Å². The molecule has 0 fully saturated rings. The highest BCUT2D eigenvalue weighted by molar-refractivity contribution is 4.61. The molecule has 0 aromatic heterocycles. The van der Waals surface area contributed by atoms with Crippen molar-refractivity contribution in [3.8, 4) is 0 Å². The molecule has 1 atom stereocenters. The van der Waals surface area contributed by atoms with Gasteiger partial charge in [-0.1, -0.05) is 13.3 Å². The third-order valence-corrected chi connectivity index (χ3v) is 1.64. The van der Waals surface area contributed by atoms with Gasteiger partial charge in [0.15, 0.2) is 0 Å². The molecular formula is C10H23NO. The highest BCUT2D eigenvalue weighted by Crippen LogP contribution is 2.06. The van der Waals surface area contributed by atoms with Crippen LogP contribution in [0.2, 0.25) is 0 Å². The Morgan fingerprint density at radius 3 is 2.17 bits per heavy atom. The summed E-state index contributed by atoms with van der Waals surface area (Å²) < 4.78 is 5.76. The van der Waals surface area contributed by atoms with Gasteiger partial charge in [0.2, 0.25) is 0 Å². The van der Waals surface area contributed by atoms with Crippen molar-refractivity contribution in [1.82, 2.24) is 4.90 Å². The Morgan fingerprint density at radius 1 is 1.25 bits per heavy atom. The summed E-state index contributed by atoms with van der Waals surface area (Å²) in [7, 11) is 4.18. The van der Waals surface area contributed by atoms with Gasteiger partial charge in [-0.25, -0.2) is 0 Å². The van der Waals surface area contributed by atoms with Crippen molar-refractivity contribution in [3.05, 3.63) is 0 Å². The minimum absolute atomic E-state index is 0.349. The second-order valence-electron chi connectivity index (χ2n) is 3.86. The van der Waals surface area contributed by atoms with Crippen LogP contribution in [0.25, 0.3) is 0 Å². The molecule has 0 N–H and O–H groups in total. The SMILES string of the molecule is CCCC(CN(C)C)OC(C)C. The predicted octanol–water partition coefficient (Wildman–Crippen LogP) is 2.14. The summed E-state index contributed by atoms with van der Waals surface area (Å²) in [5.74, 6) is 0. The van der Waals surface area contributed by atoms with E-state index in [1.165, 1.54) is 6.42 Å². The molecule has 0 spiro atoms. The van der Waals surface area contributed by atoms with Gasteiger partial charge in [-0.3, -0.25) is 0 Å². The molecular weight excluding hydrogens is 150 g/mol. The average Bonchev–Trinajstić information content (AvgIpc) is 1.84. The maximum absolute atomic E-state index is 5.76. The topological polar surface area (TPSA) is 12.5 Å². The zero-order valence-corrected chi connectivity index (χ0v) is 9.13. The van der Waals surface area contributed by atoms with E-state index in [-0.39, 0.29) is 0 Å². The minimum Gasteiger partial charge on any atom is -0.374 e. The standard InChI is InChI=1S/C10H23NO/c1-6-7-10(8-11(4)5)12-9(2)3/h9-10H,6-8H2,1-5H3. The molecule has 0 heterocycles. The lowest BCUT2D eigenvalue weighted by molar-refractivity contribution is -0.00957. The highest BCUT2D eigenvalue weighted by atomic mass is 16.5. The summed E-state index contributed by atoms with van der Waals surface area (Å²) in [5, 5.41) is 0. The van der Waals surface area contributed by atoms with Crippen LogP contribution in [-0.4, -0.2) is 37.7 Å². The first-order valence-corrected chi connectivity index (χ1v) is 4.86. The van der Waals surface area contributed by atoms with E-state index < -0.39 is 0 Å². The van der Waals surface area contributed by atoms with Crippen LogP contribution in [0, 0.1) is 0 Å². The zero-order chi connectivity index (χ0) is 9.56. The Hall–Kier alpha value is -0.0800. The second kappa shape index (κ2) is 6.44. The molecule has 2 nitrogen and oxygen atoms in total. The normalized spacial score (nSPS) is 14.2. The smallest absolute Gasteiger partial charge is 0.0705 e. The van der Waals surface area contributed by atoms with Gasteiger partial charge >= 0.3 is 0 Å². The van der Waals surface area contributed by atoms with Crippen molar-refractivity contribution in [1.29, 1.82) is 0 Å². The average molecular weight is 173 g/mol. The number of nitrogens with zero attached hydrogens (tertiary/aromatic N) is 1. The van der Waals surface area contributed by atoms with E-state index >= 15 is 0 Å². The molecule has 0 aliphatic carbocycles. The first-order chi connectivity index (χ1) is 5.56. The summed E-state index contributed by atoms with van der Waals surface area (Å²) in [6.07, 6.45) is 3.12. The first-order valence-electron chi connectivity index (χ1n) is 4.86. The predicted molar refractivity (Wildman–Crippen MR) is 53.5 cm³/mol. The van der Waals surface area contributed by atoms with Gasteiger partial charge in [0, 0.05) is 6.54 Å². The van der Waals surface area contributed by atoms with Crippen LogP contribution < -0.4 is 0 Å². The van der Waals surface area contributed by atoms with E-state index in [0.29, 0.717) is 12.2 Å². The van der Waals surface area contributed by atoms with Crippen molar-refractivity contribution in [3.63, 3.8) is 0 Å². The van der Waals surface area contributed by atoms with E-state index in [1.54, 1.807) is 0 Å². The second-order valence-corrected chi connectivity index (χ2v) is 3.86. The minimum atomic E-state index is 0.349. The quantitative estimate of drug-likeness (QED) is 0.610. The Balaban J connectivity index is 3.69. The van der Waals surface area contributed by atoms with Crippen molar-refractivity contribution in [2.45, 2.75) is 45.8 Å².